The fraction of sp³-hybridized carbons (Fsp3) is 0.267. The maximum Gasteiger partial charge on any atom is 0.254 e. The second kappa shape index (κ2) is 5.81. The van der Waals surface area contributed by atoms with Gasteiger partial charge in [-0.25, -0.2) is 4.98 Å². The Labute approximate surface area is 131 Å². The van der Waals surface area contributed by atoms with Gasteiger partial charge in [0.1, 0.15) is 12.1 Å². The molecule has 0 amide bonds. The highest BCUT2D eigenvalue weighted by atomic mass is 79.9. The van der Waals surface area contributed by atoms with Crippen LogP contribution >= 0.6 is 15.9 Å². The van der Waals surface area contributed by atoms with E-state index < -0.39 is 0 Å². The molecule has 0 spiro atoms. The molecule has 0 unspecified atom stereocenters. The van der Waals surface area contributed by atoms with Gasteiger partial charge in [0.05, 0.1) is 6.04 Å². The zero-order chi connectivity index (χ0) is 14.8. The number of aromatic nitrogens is 4. The molecule has 0 fully saturated rings. The molecule has 0 saturated carbocycles. The van der Waals surface area contributed by atoms with Gasteiger partial charge in [-0.15, -0.1) is 0 Å². The van der Waals surface area contributed by atoms with Crippen LogP contribution in [0.5, 0.6) is 0 Å². The van der Waals surface area contributed by atoms with Gasteiger partial charge in [0.25, 0.3) is 5.78 Å². The van der Waals surface area contributed by atoms with Crippen LogP contribution in [0.4, 0.5) is 5.82 Å². The van der Waals surface area contributed by atoms with Crippen molar-refractivity contribution in [1.82, 2.24) is 19.6 Å². The minimum absolute atomic E-state index is 0.215. The van der Waals surface area contributed by atoms with Gasteiger partial charge in [-0.05, 0) is 31.0 Å². The lowest BCUT2D eigenvalue weighted by molar-refractivity contribution is 0.734. The van der Waals surface area contributed by atoms with E-state index in [1.807, 2.05) is 13.0 Å². The Kier molecular flexibility index (Phi) is 3.88. The average Bonchev–Trinajstić information content (AvgIpc) is 2.94. The van der Waals surface area contributed by atoms with E-state index >= 15 is 0 Å². The van der Waals surface area contributed by atoms with Crippen LogP contribution in [0.25, 0.3) is 5.78 Å². The number of hydrogen-bond donors (Lipinski definition) is 1. The predicted octanol–water partition coefficient (Wildman–Crippen LogP) is 3.76. The summed E-state index contributed by atoms with van der Waals surface area (Å²) >= 11 is 3.47. The lowest BCUT2D eigenvalue weighted by Crippen LogP contribution is -2.13. The van der Waals surface area contributed by atoms with E-state index in [1.54, 1.807) is 4.52 Å². The largest absolute Gasteiger partial charge is 0.363 e. The van der Waals surface area contributed by atoms with Crippen LogP contribution < -0.4 is 5.32 Å². The summed E-state index contributed by atoms with van der Waals surface area (Å²) in [5.74, 6) is 1.52. The molecule has 1 atom stereocenters. The zero-order valence-corrected chi connectivity index (χ0v) is 13.5. The van der Waals surface area contributed by atoms with Gasteiger partial charge in [-0.2, -0.15) is 14.6 Å². The SMILES string of the molecule is CC[C@@H](Nc1cc(C)nc2ncnn12)c1ccc(Br)cc1. The Hall–Kier alpha value is -1.95. The Bertz CT molecular complexity index is 750. The predicted molar refractivity (Wildman–Crippen MR) is 86.3 cm³/mol. The third kappa shape index (κ3) is 2.90. The highest BCUT2D eigenvalue weighted by Gasteiger charge is 2.12. The van der Waals surface area contributed by atoms with Crippen molar-refractivity contribution in [3.8, 4) is 0 Å². The van der Waals surface area contributed by atoms with E-state index in [0.717, 1.165) is 22.4 Å². The highest BCUT2D eigenvalue weighted by molar-refractivity contribution is 9.10. The molecule has 0 aliphatic heterocycles. The quantitative estimate of drug-likeness (QED) is 0.782. The Morgan fingerprint density at radius 1 is 1.29 bits per heavy atom. The monoisotopic (exact) mass is 345 g/mol. The second-order valence-corrected chi connectivity index (χ2v) is 5.83. The second-order valence-electron chi connectivity index (χ2n) is 4.91. The fourth-order valence-electron chi connectivity index (χ4n) is 2.33. The van der Waals surface area contributed by atoms with E-state index in [4.69, 9.17) is 0 Å². The third-order valence-corrected chi connectivity index (χ3v) is 3.91. The van der Waals surface area contributed by atoms with Gasteiger partial charge in [0.2, 0.25) is 0 Å². The molecule has 0 saturated heterocycles. The minimum atomic E-state index is 0.215. The van der Waals surface area contributed by atoms with E-state index in [-0.39, 0.29) is 6.04 Å². The van der Waals surface area contributed by atoms with Crippen molar-refractivity contribution in [2.45, 2.75) is 26.3 Å². The molecular weight excluding hydrogens is 330 g/mol. The molecule has 2 aromatic heterocycles. The van der Waals surface area contributed by atoms with E-state index in [1.165, 1.54) is 11.9 Å². The van der Waals surface area contributed by atoms with Crippen LogP contribution in [0.15, 0.2) is 41.1 Å². The van der Waals surface area contributed by atoms with Crippen LogP contribution in [0, 0.1) is 6.92 Å². The van der Waals surface area contributed by atoms with Crippen molar-refractivity contribution in [3.63, 3.8) is 0 Å². The molecule has 0 bridgehead atoms. The smallest absolute Gasteiger partial charge is 0.254 e. The summed E-state index contributed by atoms with van der Waals surface area (Å²) in [5, 5.41) is 7.77. The number of nitrogens with one attached hydrogen (secondary N) is 1. The molecule has 0 aliphatic carbocycles. The first-order valence-corrected chi connectivity index (χ1v) is 7.66. The maximum absolute atomic E-state index is 4.36. The lowest BCUT2D eigenvalue weighted by atomic mass is 10.0. The third-order valence-electron chi connectivity index (χ3n) is 3.38. The first kappa shape index (κ1) is 14.0. The summed E-state index contributed by atoms with van der Waals surface area (Å²) in [7, 11) is 0. The summed E-state index contributed by atoms with van der Waals surface area (Å²) in [6.45, 7) is 4.12. The van der Waals surface area contributed by atoms with Crippen LogP contribution in [0.3, 0.4) is 0 Å². The minimum Gasteiger partial charge on any atom is -0.363 e. The summed E-state index contributed by atoms with van der Waals surface area (Å²) < 4.78 is 2.81. The van der Waals surface area contributed by atoms with E-state index in [0.29, 0.717) is 5.78 Å². The van der Waals surface area contributed by atoms with Crippen molar-refractivity contribution in [2.24, 2.45) is 0 Å². The molecule has 21 heavy (non-hydrogen) atoms. The average molecular weight is 346 g/mol. The Morgan fingerprint density at radius 2 is 2.05 bits per heavy atom. The number of aryl methyl sites for hydroxylation is 1. The molecular formula is C15H16BrN5. The molecule has 1 aromatic carbocycles. The van der Waals surface area contributed by atoms with Crippen molar-refractivity contribution in [2.75, 3.05) is 5.32 Å². The number of halogens is 1. The maximum atomic E-state index is 4.36. The van der Waals surface area contributed by atoms with Crippen molar-refractivity contribution in [1.29, 1.82) is 0 Å². The van der Waals surface area contributed by atoms with Gasteiger partial charge in [0.15, 0.2) is 0 Å². The van der Waals surface area contributed by atoms with Gasteiger partial charge in [-0.3, -0.25) is 0 Å². The Morgan fingerprint density at radius 3 is 2.76 bits per heavy atom. The summed E-state index contributed by atoms with van der Waals surface area (Å²) in [5.41, 5.74) is 2.16. The molecule has 3 aromatic rings. The molecule has 1 N–H and O–H groups in total. The van der Waals surface area contributed by atoms with E-state index in [9.17, 15) is 0 Å². The first-order chi connectivity index (χ1) is 10.2. The Balaban J connectivity index is 1.95. The molecule has 6 heteroatoms. The van der Waals surface area contributed by atoms with Gasteiger partial charge >= 0.3 is 0 Å². The van der Waals surface area contributed by atoms with Crippen LogP contribution in [-0.2, 0) is 0 Å². The number of nitrogens with zero attached hydrogens (tertiary/aromatic N) is 4. The number of rotatable bonds is 4. The van der Waals surface area contributed by atoms with Crippen LogP contribution in [0.1, 0.15) is 30.6 Å². The molecule has 0 radical (unpaired) electrons. The van der Waals surface area contributed by atoms with Crippen LogP contribution in [0.2, 0.25) is 0 Å². The number of hydrogen-bond acceptors (Lipinski definition) is 4. The molecule has 0 aliphatic rings. The normalized spacial score (nSPS) is 12.5. The van der Waals surface area contributed by atoms with Crippen molar-refractivity contribution >= 4 is 27.5 Å². The van der Waals surface area contributed by atoms with E-state index in [2.05, 4.69) is 67.5 Å². The van der Waals surface area contributed by atoms with Gasteiger partial charge < -0.3 is 5.32 Å². The highest BCUT2D eigenvalue weighted by Crippen LogP contribution is 2.24. The number of anilines is 1. The van der Waals surface area contributed by atoms with Crippen molar-refractivity contribution in [3.05, 3.63) is 52.4 Å². The number of benzene rings is 1. The zero-order valence-electron chi connectivity index (χ0n) is 11.9. The summed E-state index contributed by atoms with van der Waals surface area (Å²) in [6.07, 6.45) is 2.49. The van der Waals surface area contributed by atoms with Gasteiger partial charge in [0, 0.05) is 16.2 Å². The molecule has 108 valence electrons. The molecule has 3 rings (SSSR count). The summed E-state index contributed by atoms with van der Waals surface area (Å²) in [4.78, 5) is 8.51. The first-order valence-electron chi connectivity index (χ1n) is 6.86. The lowest BCUT2D eigenvalue weighted by Gasteiger charge is -2.19. The van der Waals surface area contributed by atoms with Crippen LogP contribution in [-0.4, -0.2) is 19.6 Å². The standard InChI is InChI=1S/C15H16BrN5/c1-3-13(11-4-6-12(16)7-5-11)20-14-8-10(2)19-15-17-9-18-21(14)15/h4-9,13,20H,3H2,1-2H3/t13-/m1/s1. The fourth-order valence-corrected chi connectivity index (χ4v) is 2.59. The summed E-state index contributed by atoms with van der Waals surface area (Å²) in [6, 6.07) is 10.6. The molecule has 2 heterocycles. The van der Waals surface area contributed by atoms with Crippen molar-refractivity contribution < 1.29 is 0 Å². The number of fused-ring (bicyclic) bond motifs is 1. The van der Waals surface area contributed by atoms with Gasteiger partial charge in [-0.1, -0.05) is 35.0 Å². The topological polar surface area (TPSA) is 55.1 Å². The molecule has 5 nitrogen and oxygen atoms in total.